The monoisotopic (exact) mass is 516 g/mol. The second-order valence-corrected chi connectivity index (χ2v) is 11.1. The summed E-state index contributed by atoms with van der Waals surface area (Å²) < 4.78 is 4.57. The third-order valence-corrected chi connectivity index (χ3v) is 8.03. The molecule has 0 aliphatic rings. The van der Waals surface area contributed by atoms with Crippen LogP contribution in [0.4, 0.5) is 0 Å². The second kappa shape index (κ2) is 8.78. The molecule has 0 bridgehead atoms. The first kappa shape index (κ1) is 23.0. The van der Waals surface area contributed by atoms with E-state index in [1.165, 1.54) is 38.1 Å². The van der Waals surface area contributed by atoms with Gasteiger partial charge in [-0.15, -0.1) is 10.2 Å². The summed E-state index contributed by atoms with van der Waals surface area (Å²) in [6.45, 7) is 4.54. The molecule has 3 heterocycles. The van der Waals surface area contributed by atoms with Gasteiger partial charge in [0.05, 0.1) is 16.6 Å². The number of fused-ring (bicyclic) bond motifs is 9. The van der Waals surface area contributed by atoms with E-state index in [4.69, 9.17) is 10.2 Å². The van der Waals surface area contributed by atoms with E-state index in [2.05, 4.69) is 138 Å². The molecule has 0 aliphatic heterocycles. The minimum absolute atomic E-state index is 0.603. The third kappa shape index (κ3) is 3.39. The molecule has 192 valence electrons. The Kier molecular flexibility index (Phi) is 5.05. The molecular formula is C36H28N4. The van der Waals surface area contributed by atoms with Crippen LogP contribution in [-0.2, 0) is 6.42 Å². The molecule has 0 saturated carbocycles. The minimum Gasteiger partial charge on any atom is -0.309 e. The van der Waals surface area contributed by atoms with Gasteiger partial charge in [0.25, 0.3) is 0 Å². The fourth-order valence-electron chi connectivity index (χ4n) is 6.34. The van der Waals surface area contributed by atoms with E-state index in [0.717, 1.165) is 40.0 Å². The number of rotatable bonds is 4. The lowest BCUT2D eigenvalue weighted by Gasteiger charge is -2.13. The first-order chi connectivity index (χ1) is 19.7. The molecule has 0 N–H and O–H groups in total. The number of aromatic nitrogens is 4. The van der Waals surface area contributed by atoms with Crippen molar-refractivity contribution in [1.29, 1.82) is 0 Å². The Hall–Kier alpha value is -4.96. The van der Waals surface area contributed by atoms with E-state index < -0.39 is 0 Å². The van der Waals surface area contributed by atoms with Crippen molar-refractivity contribution in [2.45, 2.75) is 20.3 Å². The molecule has 3 aromatic heterocycles. The van der Waals surface area contributed by atoms with Gasteiger partial charge >= 0.3 is 0 Å². The van der Waals surface area contributed by atoms with Crippen LogP contribution in [0, 0.1) is 5.92 Å². The standard InChI is InChI=1S/C36H28N4/c1-23(2)21-24-15-20-34-31(22-24)27-9-3-4-12-30(27)36-38-37-35(40(34)36)25-16-18-26(19-17-25)39-32-13-7-5-10-28(32)29-11-6-8-14-33(29)39/h3-20,22-23H,21H2,1-2H3. The number of hydrogen-bond donors (Lipinski definition) is 0. The zero-order valence-corrected chi connectivity index (χ0v) is 22.5. The Morgan fingerprint density at radius 1 is 0.575 bits per heavy atom. The topological polar surface area (TPSA) is 35.1 Å². The lowest BCUT2D eigenvalue weighted by atomic mass is 9.98. The molecule has 0 atom stereocenters. The SMILES string of the molecule is CC(C)Cc1ccc2c(c1)c1ccccc1c1nnc(-c3ccc(-n4c5ccccc5c5ccccc54)cc3)n21. The number of hydrogen-bond acceptors (Lipinski definition) is 2. The van der Waals surface area contributed by atoms with Gasteiger partial charge in [0.1, 0.15) is 0 Å². The molecule has 0 aliphatic carbocycles. The van der Waals surface area contributed by atoms with Gasteiger partial charge in [-0.2, -0.15) is 0 Å². The van der Waals surface area contributed by atoms with Crippen LogP contribution in [0.25, 0.3) is 66.2 Å². The maximum absolute atomic E-state index is 4.74. The van der Waals surface area contributed by atoms with Crippen molar-refractivity contribution in [3.05, 3.63) is 121 Å². The number of pyridine rings is 1. The van der Waals surface area contributed by atoms with Crippen molar-refractivity contribution in [2.24, 2.45) is 5.92 Å². The van der Waals surface area contributed by atoms with Crippen molar-refractivity contribution in [2.75, 3.05) is 0 Å². The first-order valence-electron chi connectivity index (χ1n) is 13.9. The van der Waals surface area contributed by atoms with Crippen molar-refractivity contribution >= 4 is 49.1 Å². The average molecular weight is 517 g/mol. The van der Waals surface area contributed by atoms with E-state index in [0.29, 0.717) is 5.92 Å². The highest BCUT2D eigenvalue weighted by Gasteiger charge is 2.17. The molecule has 0 spiro atoms. The molecule has 0 amide bonds. The van der Waals surface area contributed by atoms with E-state index >= 15 is 0 Å². The molecule has 8 aromatic rings. The van der Waals surface area contributed by atoms with E-state index in [1.54, 1.807) is 0 Å². The third-order valence-electron chi connectivity index (χ3n) is 8.03. The highest BCUT2D eigenvalue weighted by molar-refractivity contribution is 6.12. The number of nitrogens with zero attached hydrogens (tertiary/aromatic N) is 4. The predicted octanol–water partition coefficient (Wildman–Crippen LogP) is 9.00. The van der Waals surface area contributed by atoms with Crippen molar-refractivity contribution < 1.29 is 0 Å². The summed E-state index contributed by atoms with van der Waals surface area (Å²) in [5.74, 6) is 1.46. The molecule has 0 fully saturated rings. The van der Waals surface area contributed by atoms with Gasteiger partial charge in [0.15, 0.2) is 11.5 Å². The summed E-state index contributed by atoms with van der Waals surface area (Å²) in [6, 6.07) is 41.4. The zero-order chi connectivity index (χ0) is 26.8. The highest BCUT2D eigenvalue weighted by Crippen LogP contribution is 2.35. The molecule has 0 unspecified atom stereocenters. The Morgan fingerprint density at radius 2 is 1.20 bits per heavy atom. The summed E-state index contributed by atoms with van der Waals surface area (Å²) in [5, 5.41) is 15.6. The Morgan fingerprint density at radius 3 is 1.88 bits per heavy atom. The van der Waals surface area contributed by atoms with Crippen LogP contribution in [0.5, 0.6) is 0 Å². The van der Waals surface area contributed by atoms with Crippen LogP contribution >= 0.6 is 0 Å². The summed E-state index contributed by atoms with van der Waals surface area (Å²) >= 11 is 0. The van der Waals surface area contributed by atoms with Crippen molar-refractivity contribution in [3.8, 4) is 17.1 Å². The summed E-state index contributed by atoms with van der Waals surface area (Å²) in [4.78, 5) is 0. The molecule has 40 heavy (non-hydrogen) atoms. The average Bonchev–Trinajstić information content (AvgIpc) is 3.58. The van der Waals surface area contributed by atoms with Crippen molar-refractivity contribution in [3.63, 3.8) is 0 Å². The van der Waals surface area contributed by atoms with Gasteiger partial charge in [-0.25, -0.2) is 0 Å². The van der Waals surface area contributed by atoms with Gasteiger partial charge < -0.3 is 4.57 Å². The van der Waals surface area contributed by atoms with Gasteiger partial charge in [-0.3, -0.25) is 4.40 Å². The maximum Gasteiger partial charge on any atom is 0.169 e. The first-order valence-corrected chi connectivity index (χ1v) is 13.9. The van der Waals surface area contributed by atoms with Crippen molar-refractivity contribution in [1.82, 2.24) is 19.2 Å². The molecule has 4 nitrogen and oxygen atoms in total. The lowest BCUT2D eigenvalue weighted by molar-refractivity contribution is 0.648. The molecule has 0 saturated heterocycles. The molecule has 8 rings (SSSR count). The quantitative estimate of drug-likeness (QED) is 0.219. The van der Waals surface area contributed by atoms with Gasteiger partial charge in [-0.1, -0.05) is 80.6 Å². The van der Waals surface area contributed by atoms with Crippen LogP contribution in [0.15, 0.2) is 115 Å². The fraction of sp³-hybridized carbons (Fsp3) is 0.111. The number of para-hydroxylation sites is 2. The van der Waals surface area contributed by atoms with Gasteiger partial charge in [-0.05, 0) is 71.8 Å². The largest absolute Gasteiger partial charge is 0.309 e. The Bertz CT molecular complexity index is 2160. The Balaban J connectivity index is 1.33. The fourth-order valence-corrected chi connectivity index (χ4v) is 6.34. The summed E-state index contributed by atoms with van der Waals surface area (Å²) in [6.07, 6.45) is 1.06. The minimum atomic E-state index is 0.603. The predicted molar refractivity (Wildman–Crippen MR) is 166 cm³/mol. The zero-order valence-electron chi connectivity index (χ0n) is 22.5. The van der Waals surface area contributed by atoms with Crippen LogP contribution < -0.4 is 0 Å². The van der Waals surface area contributed by atoms with E-state index in [9.17, 15) is 0 Å². The molecule has 4 heteroatoms. The van der Waals surface area contributed by atoms with Crippen LogP contribution in [0.3, 0.4) is 0 Å². The molecule has 0 radical (unpaired) electrons. The maximum atomic E-state index is 4.74. The lowest BCUT2D eigenvalue weighted by Crippen LogP contribution is -1.98. The molecular weight excluding hydrogens is 488 g/mol. The summed E-state index contributed by atoms with van der Waals surface area (Å²) in [7, 11) is 0. The Labute approximate surface area is 232 Å². The van der Waals surface area contributed by atoms with E-state index in [1.807, 2.05) is 0 Å². The van der Waals surface area contributed by atoms with Crippen LogP contribution in [0.2, 0.25) is 0 Å². The van der Waals surface area contributed by atoms with Crippen LogP contribution in [0.1, 0.15) is 19.4 Å². The van der Waals surface area contributed by atoms with Gasteiger partial charge in [0, 0.05) is 32.8 Å². The normalized spacial score (nSPS) is 12.1. The number of benzene rings is 5. The van der Waals surface area contributed by atoms with Crippen LogP contribution in [-0.4, -0.2) is 19.2 Å². The summed E-state index contributed by atoms with van der Waals surface area (Å²) in [5.41, 5.74) is 7.97. The molecule has 5 aromatic carbocycles. The van der Waals surface area contributed by atoms with E-state index in [-0.39, 0.29) is 0 Å². The van der Waals surface area contributed by atoms with Gasteiger partial charge in [0.2, 0.25) is 0 Å². The second-order valence-electron chi connectivity index (χ2n) is 11.1. The highest BCUT2D eigenvalue weighted by atomic mass is 15.2. The smallest absolute Gasteiger partial charge is 0.169 e.